The lowest BCUT2D eigenvalue weighted by molar-refractivity contribution is -0.126. The third-order valence-corrected chi connectivity index (χ3v) is 5.80. The van der Waals surface area contributed by atoms with Crippen LogP contribution in [0.25, 0.3) is 0 Å². The van der Waals surface area contributed by atoms with E-state index in [0.29, 0.717) is 11.3 Å². The maximum atomic E-state index is 14.0. The highest BCUT2D eigenvalue weighted by molar-refractivity contribution is 6.31. The minimum Gasteiger partial charge on any atom is -0.464 e. The average molecular weight is 542 g/mol. The minimum absolute atomic E-state index is 0.00979. The first kappa shape index (κ1) is 26.6. The molecule has 2 heterocycles. The Hall–Kier alpha value is -4.44. The smallest absolute Gasteiger partial charge is 0.287 e. The zero-order valence-electron chi connectivity index (χ0n) is 20.0. The molecule has 38 heavy (non-hydrogen) atoms. The highest BCUT2D eigenvalue weighted by atomic mass is 35.5. The van der Waals surface area contributed by atoms with Crippen molar-refractivity contribution in [3.63, 3.8) is 0 Å². The van der Waals surface area contributed by atoms with Gasteiger partial charge in [-0.05, 0) is 67.1 Å². The van der Waals surface area contributed by atoms with Gasteiger partial charge in [-0.2, -0.15) is 0 Å². The maximum absolute atomic E-state index is 14.0. The van der Waals surface area contributed by atoms with Crippen LogP contribution in [0.1, 0.15) is 33.7 Å². The second kappa shape index (κ2) is 11.7. The first-order chi connectivity index (χ1) is 18.2. The van der Waals surface area contributed by atoms with Crippen molar-refractivity contribution in [2.75, 3.05) is 11.4 Å². The Balaban J connectivity index is 1.67. The van der Waals surface area contributed by atoms with E-state index in [0.717, 1.165) is 11.0 Å². The second-order valence-electron chi connectivity index (χ2n) is 8.22. The lowest BCUT2D eigenvalue weighted by Gasteiger charge is -2.30. The van der Waals surface area contributed by atoms with E-state index < -0.39 is 41.9 Å². The normalized spacial score (nSPS) is 11.6. The number of nitrogens with zero attached hydrogens (tertiary/aromatic N) is 1. The largest absolute Gasteiger partial charge is 0.464 e. The van der Waals surface area contributed by atoms with Gasteiger partial charge in [0, 0.05) is 12.2 Å². The number of anilines is 1. The zero-order valence-corrected chi connectivity index (χ0v) is 20.8. The summed E-state index contributed by atoms with van der Waals surface area (Å²) in [7, 11) is 0. The van der Waals surface area contributed by atoms with E-state index in [9.17, 15) is 23.2 Å². The molecule has 0 spiro atoms. The highest BCUT2D eigenvalue weighted by Crippen LogP contribution is 2.32. The molecule has 196 valence electrons. The van der Waals surface area contributed by atoms with Crippen molar-refractivity contribution < 1.29 is 32.0 Å². The number of hydrogen-bond donors (Lipinski definition) is 2. The summed E-state index contributed by atoms with van der Waals surface area (Å²) >= 11 is 6.00. The third kappa shape index (κ3) is 6.27. The van der Waals surface area contributed by atoms with Crippen LogP contribution in [0.5, 0.6) is 0 Å². The molecule has 0 aliphatic rings. The van der Waals surface area contributed by atoms with Crippen LogP contribution < -0.4 is 15.5 Å². The SMILES string of the molecule is Cc1ccc([C@H](C(=O)NCc2ccc(F)cc2)N(C(=O)CNC(=O)c2ccco2)c2ccc(F)c(Cl)c2)o1. The number of carbonyl (C=O) groups is 3. The van der Waals surface area contributed by atoms with Gasteiger partial charge in [-0.3, -0.25) is 19.3 Å². The first-order valence-corrected chi connectivity index (χ1v) is 11.8. The van der Waals surface area contributed by atoms with Crippen molar-refractivity contribution in [3.05, 3.63) is 112 Å². The Morgan fingerprint density at radius 1 is 1.00 bits per heavy atom. The molecule has 11 heteroatoms. The summed E-state index contributed by atoms with van der Waals surface area (Å²) in [5.41, 5.74) is 0.701. The van der Waals surface area contributed by atoms with Crippen molar-refractivity contribution in [2.24, 2.45) is 0 Å². The van der Waals surface area contributed by atoms with Crippen LogP contribution in [0.4, 0.5) is 14.5 Å². The van der Waals surface area contributed by atoms with Gasteiger partial charge in [0.15, 0.2) is 11.8 Å². The fraction of sp³-hybridized carbons (Fsp3) is 0.148. The molecule has 4 rings (SSSR count). The van der Waals surface area contributed by atoms with E-state index in [2.05, 4.69) is 10.6 Å². The van der Waals surface area contributed by atoms with Gasteiger partial charge in [0.25, 0.3) is 11.8 Å². The van der Waals surface area contributed by atoms with Crippen molar-refractivity contribution in [2.45, 2.75) is 19.5 Å². The number of halogens is 3. The Labute approximate surface area is 221 Å². The van der Waals surface area contributed by atoms with Crippen LogP contribution >= 0.6 is 11.6 Å². The standard InChI is InChI=1S/C27H22ClF2N3O5/c1-16-4-11-22(38-16)25(27(36)31-14-17-5-7-18(29)8-6-17)33(19-9-10-21(30)20(28)13-19)24(34)15-32-26(35)23-3-2-12-37-23/h2-13,25H,14-15H2,1H3,(H,31,36)(H,32,35)/t25-/m1/s1. The van der Waals surface area contributed by atoms with Crippen LogP contribution in [0.15, 0.2) is 81.8 Å². The molecule has 0 bridgehead atoms. The molecule has 0 radical (unpaired) electrons. The molecule has 3 amide bonds. The Morgan fingerprint density at radius 2 is 1.76 bits per heavy atom. The molecule has 8 nitrogen and oxygen atoms in total. The number of carbonyl (C=O) groups excluding carboxylic acids is 3. The Kier molecular flexibility index (Phi) is 8.22. The van der Waals surface area contributed by atoms with E-state index in [-0.39, 0.29) is 28.8 Å². The van der Waals surface area contributed by atoms with Gasteiger partial charge in [-0.15, -0.1) is 0 Å². The molecule has 0 saturated carbocycles. The Morgan fingerprint density at radius 3 is 2.39 bits per heavy atom. The number of amides is 3. The van der Waals surface area contributed by atoms with Crippen molar-refractivity contribution in [1.29, 1.82) is 0 Å². The predicted molar refractivity (Wildman–Crippen MR) is 134 cm³/mol. The number of benzene rings is 2. The fourth-order valence-corrected chi connectivity index (χ4v) is 3.84. The van der Waals surface area contributed by atoms with Gasteiger partial charge in [-0.1, -0.05) is 23.7 Å². The number of furan rings is 2. The zero-order chi connectivity index (χ0) is 27.2. The Bertz CT molecular complexity index is 1440. The van der Waals surface area contributed by atoms with Gasteiger partial charge in [0.1, 0.15) is 23.2 Å². The summed E-state index contributed by atoms with van der Waals surface area (Å²) in [5, 5.41) is 4.89. The summed E-state index contributed by atoms with van der Waals surface area (Å²) in [6, 6.07) is 13.8. The van der Waals surface area contributed by atoms with Gasteiger partial charge < -0.3 is 19.5 Å². The second-order valence-corrected chi connectivity index (χ2v) is 8.62. The number of rotatable bonds is 9. The van der Waals surface area contributed by atoms with Crippen molar-refractivity contribution in [3.8, 4) is 0 Å². The number of hydrogen-bond acceptors (Lipinski definition) is 5. The molecule has 4 aromatic rings. The van der Waals surface area contributed by atoms with Gasteiger partial charge >= 0.3 is 0 Å². The van der Waals surface area contributed by atoms with E-state index in [1.165, 1.54) is 60.9 Å². The van der Waals surface area contributed by atoms with Gasteiger partial charge in [0.2, 0.25) is 5.91 Å². The summed E-state index contributed by atoms with van der Waals surface area (Å²) in [6.07, 6.45) is 1.31. The molecule has 0 fully saturated rings. The van der Waals surface area contributed by atoms with Crippen LogP contribution in [-0.2, 0) is 16.1 Å². The quantitative estimate of drug-likeness (QED) is 0.312. The fourth-order valence-electron chi connectivity index (χ4n) is 3.67. The molecule has 0 saturated heterocycles. The van der Waals surface area contributed by atoms with Crippen LogP contribution in [-0.4, -0.2) is 24.3 Å². The van der Waals surface area contributed by atoms with E-state index >= 15 is 0 Å². The summed E-state index contributed by atoms with van der Waals surface area (Å²) in [4.78, 5) is 40.5. The predicted octanol–water partition coefficient (Wildman–Crippen LogP) is 4.93. The maximum Gasteiger partial charge on any atom is 0.287 e. The summed E-state index contributed by atoms with van der Waals surface area (Å²) in [6.45, 7) is 1.16. The monoisotopic (exact) mass is 541 g/mol. The van der Waals surface area contributed by atoms with Gasteiger partial charge in [-0.25, -0.2) is 8.78 Å². The molecule has 2 aromatic carbocycles. The molecular formula is C27H22ClF2N3O5. The van der Waals surface area contributed by atoms with Gasteiger partial charge in [0.05, 0.1) is 17.8 Å². The lowest BCUT2D eigenvalue weighted by atomic mass is 10.1. The molecule has 0 unspecified atom stereocenters. The summed E-state index contributed by atoms with van der Waals surface area (Å²) < 4.78 is 38.0. The third-order valence-electron chi connectivity index (χ3n) is 5.51. The molecule has 0 aliphatic heterocycles. The van der Waals surface area contributed by atoms with Crippen LogP contribution in [0.3, 0.4) is 0 Å². The van der Waals surface area contributed by atoms with Crippen molar-refractivity contribution >= 4 is 35.0 Å². The summed E-state index contributed by atoms with van der Waals surface area (Å²) in [5.74, 6) is -2.57. The van der Waals surface area contributed by atoms with Crippen LogP contribution in [0, 0.1) is 18.6 Å². The van der Waals surface area contributed by atoms with Crippen LogP contribution in [0.2, 0.25) is 5.02 Å². The molecule has 0 aliphatic carbocycles. The number of aryl methyl sites for hydroxylation is 1. The topological polar surface area (TPSA) is 105 Å². The average Bonchev–Trinajstić information content (AvgIpc) is 3.59. The van der Waals surface area contributed by atoms with E-state index in [4.69, 9.17) is 20.4 Å². The molecule has 2 N–H and O–H groups in total. The highest BCUT2D eigenvalue weighted by Gasteiger charge is 2.35. The molecule has 1 atom stereocenters. The molecular weight excluding hydrogens is 520 g/mol. The molecule has 2 aromatic heterocycles. The first-order valence-electron chi connectivity index (χ1n) is 11.4. The van der Waals surface area contributed by atoms with E-state index in [1.54, 1.807) is 13.0 Å². The van der Waals surface area contributed by atoms with E-state index in [1.807, 2.05) is 0 Å². The van der Waals surface area contributed by atoms with Crippen molar-refractivity contribution in [1.82, 2.24) is 10.6 Å². The minimum atomic E-state index is -1.36. The lowest BCUT2D eigenvalue weighted by Crippen LogP contribution is -2.47. The number of nitrogens with one attached hydrogen (secondary N) is 2.